The number of nitrogens with zero attached hydrogens (tertiary/aromatic N) is 2. The van der Waals surface area contributed by atoms with Crippen LogP contribution in [-0.4, -0.2) is 60.4 Å². The molecule has 0 radical (unpaired) electrons. The minimum atomic E-state index is -0.409. The molecule has 1 aromatic carbocycles. The van der Waals surface area contributed by atoms with Gasteiger partial charge in [-0.25, -0.2) is 0 Å². The number of amides is 2. The number of nitrogens with one attached hydrogen (secondary N) is 1. The molecule has 1 saturated heterocycles. The number of carbonyl (C=O) groups excluding carboxylic acids is 2. The van der Waals surface area contributed by atoms with Crippen molar-refractivity contribution in [3.8, 4) is 5.75 Å². The normalized spacial score (nSPS) is 17.9. The summed E-state index contributed by atoms with van der Waals surface area (Å²) in [5.41, 5.74) is 1.11. The van der Waals surface area contributed by atoms with Crippen LogP contribution in [0.25, 0.3) is 0 Å². The second kappa shape index (κ2) is 9.42. The fourth-order valence-electron chi connectivity index (χ4n) is 3.14. The third kappa shape index (κ3) is 5.19. The van der Waals surface area contributed by atoms with E-state index in [1.165, 1.54) is 0 Å². The lowest BCUT2D eigenvalue weighted by molar-refractivity contribution is -0.138. The predicted octanol–water partition coefficient (Wildman–Crippen LogP) is 1.64. The first-order chi connectivity index (χ1) is 12.1. The van der Waals surface area contributed by atoms with Gasteiger partial charge in [0, 0.05) is 32.7 Å². The van der Waals surface area contributed by atoms with Crippen molar-refractivity contribution in [1.82, 2.24) is 15.1 Å². The molecule has 1 fully saturated rings. The highest BCUT2D eigenvalue weighted by molar-refractivity contribution is 5.88. The number of rotatable bonds is 8. The topological polar surface area (TPSA) is 61.9 Å². The number of hydrogen-bond donors (Lipinski definition) is 1. The lowest BCUT2D eigenvalue weighted by Crippen LogP contribution is -2.56. The van der Waals surface area contributed by atoms with E-state index in [-0.39, 0.29) is 18.2 Å². The van der Waals surface area contributed by atoms with Crippen molar-refractivity contribution >= 4 is 11.8 Å². The van der Waals surface area contributed by atoms with Crippen molar-refractivity contribution in [2.75, 3.05) is 32.8 Å². The first-order valence-electron chi connectivity index (χ1n) is 9.10. The molecule has 1 aliphatic heterocycles. The third-order valence-corrected chi connectivity index (χ3v) is 4.55. The van der Waals surface area contributed by atoms with Gasteiger partial charge in [-0.05, 0) is 38.5 Å². The maximum absolute atomic E-state index is 12.4. The maximum Gasteiger partial charge on any atom is 0.237 e. The Balaban J connectivity index is 2.05. The first kappa shape index (κ1) is 19.2. The summed E-state index contributed by atoms with van der Waals surface area (Å²) in [6.07, 6.45) is 0.227. The van der Waals surface area contributed by atoms with Crippen LogP contribution in [0.15, 0.2) is 24.3 Å². The molecule has 138 valence electrons. The van der Waals surface area contributed by atoms with Crippen molar-refractivity contribution in [2.45, 2.75) is 39.8 Å². The molecular formula is C19H29N3O3. The smallest absolute Gasteiger partial charge is 0.237 e. The molecule has 0 aliphatic carbocycles. The zero-order valence-corrected chi connectivity index (χ0v) is 15.5. The van der Waals surface area contributed by atoms with Gasteiger partial charge in [-0.1, -0.05) is 12.1 Å². The molecular weight excluding hydrogens is 318 g/mol. The van der Waals surface area contributed by atoms with Crippen LogP contribution in [0, 0.1) is 0 Å². The van der Waals surface area contributed by atoms with Crippen LogP contribution in [0.4, 0.5) is 0 Å². The fraction of sp³-hybridized carbons (Fsp3) is 0.579. The summed E-state index contributed by atoms with van der Waals surface area (Å²) in [6, 6.07) is 7.51. The van der Waals surface area contributed by atoms with E-state index >= 15 is 0 Å². The second-order valence-corrected chi connectivity index (χ2v) is 6.12. The van der Waals surface area contributed by atoms with Gasteiger partial charge in [-0.15, -0.1) is 0 Å². The van der Waals surface area contributed by atoms with E-state index in [4.69, 9.17) is 4.74 Å². The number of piperazine rings is 1. The number of benzene rings is 1. The van der Waals surface area contributed by atoms with Crippen molar-refractivity contribution in [1.29, 1.82) is 0 Å². The molecule has 6 heteroatoms. The minimum absolute atomic E-state index is 0.0312. The van der Waals surface area contributed by atoms with Crippen LogP contribution < -0.4 is 10.1 Å². The fourth-order valence-corrected chi connectivity index (χ4v) is 3.14. The van der Waals surface area contributed by atoms with Crippen LogP contribution >= 0.6 is 0 Å². The lowest BCUT2D eigenvalue weighted by atomic mass is 10.1. The van der Waals surface area contributed by atoms with E-state index < -0.39 is 6.04 Å². The Morgan fingerprint density at radius 2 is 1.92 bits per heavy atom. The monoisotopic (exact) mass is 347 g/mol. The highest BCUT2D eigenvalue weighted by Gasteiger charge is 2.32. The molecule has 1 N–H and O–H groups in total. The molecule has 1 aromatic rings. The summed E-state index contributed by atoms with van der Waals surface area (Å²) in [5.74, 6) is 0.817. The Kier molecular flexibility index (Phi) is 7.25. The van der Waals surface area contributed by atoms with Gasteiger partial charge >= 0.3 is 0 Å². The Labute approximate surface area is 150 Å². The van der Waals surface area contributed by atoms with Gasteiger partial charge in [0.15, 0.2) is 0 Å². The Bertz CT molecular complexity index is 570. The quantitative estimate of drug-likeness (QED) is 0.777. The van der Waals surface area contributed by atoms with Crippen LogP contribution in [0.1, 0.15) is 32.8 Å². The van der Waals surface area contributed by atoms with Crippen molar-refractivity contribution in [2.24, 2.45) is 0 Å². The van der Waals surface area contributed by atoms with Crippen molar-refractivity contribution in [3.63, 3.8) is 0 Å². The summed E-state index contributed by atoms with van der Waals surface area (Å²) < 4.78 is 5.46. The standard InChI is InChI=1S/C19H29N3O3/c1-4-21(5-2)18(23)13-17-19(24)20-11-12-22(17)14-15-7-9-16(10-8-15)25-6-3/h7-10,17H,4-6,11-14H2,1-3H3,(H,20,24)/t17-/m0/s1. The molecule has 0 saturated carbocycles. The predicted molar refractivity (Wildman–Crippen MR) is 97.4 cm³/mol. The van der Waals surface area contributed by atoms with Crippen LogP contribution in [0.5, 0.6) is 5.75 Å². The summed E-state index contributed by atoms with van der Waals surface area (Å²) in [7, 11) is 0. The Morgan fingerprint density at radius 1 is 1.24 bits per heavy atom. The molecule has 1 atom stereocenters. The molecule has 0 unspecified atom stereocenters. The summed E-state index contributed by atoms with van der Waals surface area (Å²) in [5, 5.41) is 2.88. The summed E-state index contributed by atoms with van der Waals surface area (Å²) in [6.45, 7) is 9.86. The van der Waals surface area contributed by atoms with E-state index in [1.807, 2.05) is 45.0 Å². The van der Waals surface area contributed by atoms with Gasteiger partial charge in [0.2, 0.25) is 11.8 Å². The van der Waals surface area contributed by atoms with Gasteiger partial charge in [0.1, 0.15) is 5.75 Å². The third-order valence-electron chi connectivity index (χ3n) is 4.55. The number of ether oxygens (including phenoxy) is 1. The molecule has 1 aliphatic rings. The minimum Gasteiger partial charge on any atom is -0.494 e. The molecule has 0 spiro atoms. The van der Waals surface area contributed by atoms with Crippen molar-refractivity contribution in [3.05, 3.63) is 29.8 Å². The molecule has 0 aromatic heterocycles. The largest absolute Gasteiger partial charge is 0.494 e. The van der Waals surface area contributed by atoms with Gasteiger partial charge in [0.05, 0.1) is 19.1 Å². The average molecular weight is 347 g/mol. The van der Waals surface area contributed by atoms with Crippen LogP contribution in [0.3, 0.4) is 0 Å². The molecule has 0 bridgehead atoms. The number of carbonyl (C=O) groups is 2. The SMILES string of the molecule is CCOc1ccc(CN2CCNC(=O)[C@@H]2CC(=O)N(CC)CC)cc1. The van der Waals surface area contributed by atoms with E-state index in [1.54, 1.807) is 4.90 Å². The van der Waals surface area contributed by atoms with Crippen LogP contribution in [-0.2, 0) is 16.1 Å². The lowest BCUT2D eigenvalue weighted by Gasteiger charge is -2.35. The molecule has 2 rings (SSSR count). The first-order valence-corrected chi connectivity index (χ1v) is 9.10. The Morgan fingerprint density at radius 3 is 2.52 bits per heavy atom. The zero-order valence-electron chi connectivity index (χ0n) is 15.5. The summed E-state index contributed by atoms with van der Waals surface area (Å²) >= 11 is 0. The average Bonchev–Trinajstić information content (AvgIpc) is 2.61. The van der Waals surface area contributed by atoms with E-state index in [2.05, 4.69) is 10.2 Å². The van der Waals surface area contributed by atoms with Gasteiger partial charge in [0.25, 0.3) is 0 Å². The van der Waals surface area contributed by atoms with Gasteiger partial charge < -0.3 is 15.0 Å². The molecule has 25 heavy (non-hydrogen) atoms. The van der Waals surface area contributed by atoms with E-state index in [0.717, 1.165) is 17.9 Å². The van der Waals surface area contributed by atoms with Crippen molar-refractivity contribution < 1.29 is 14.3 Å². The highest BCUT2D eigenvalue weighted by atomic mass is 16.5. The maximum atomic E-state index is 12.4. The summed E-state index contributed by atoms with van der Waals surface area (Å²) in [4.78, 5) is 28.6. The van der Waals surface area contributed by atoms with Gasteiger partial charge in [-0.3, -0.25) is 14.5 Å². The van der Waals surface area contributed by atoms with E-state index in [0.29, 0.717) is 32.8 Å². The molecule has 2 amide bonds. The zero-order chi connectivity index (χ0) is 18.2. The second-order valence-electron chi connectivity index (χ2n) is 6.12. The number of hydrogen-bond acceptors (Lipinski definition) is 4. The van der Waals surface area contributed by atoms with Gasteiger partial charge in [-0.2, -0.15) is 0 Å². The molecule has 1 heterocycles. The Hall–Kier alpha value is -2.08. The molecule has 6 nitrogen and oxygen atoms in total. The highest BCUT2D eigenvalue weighted by Crippen LogP contribution is 2.18. The van der Waals surface area contributed by atoms with E-state index in [9.17, 15) is 9.59 Å². The van der Waals surface area contributed by atoms with Crippen LogP contribution in [0.2, 0.25) is 0 Å².